The van der Waals surface area contributed by atoms with Crippen molar-refractivity contribution >= 4 is 5.91 Å². The third kappa shape index (κ3) is 4.70. The first-order valence-corrected chi connectivity index (χ1v) is 7.15. The lowest BCUT2D eigenvalue weighted by atomic mass is 10.2. The summed E-state index contributed by atoms with van der Waals surface area (Å²) in [6.45, 7) is 3.03. The van der Waals surface area contributed by atoms with Crippen LogP contribution in [0.1, 0.15) is 11.4 Å². The van der Waals surface area contributed by atoms with E-state index < -0.39 is 24.7 Å². The van der Waals surface area contributed by atoms with E-state index in [-0.39, 0.29) is 6.42 Å². The predicted octanol–water partition coefficient (Wildman–Crippen LogP) is 0.213. The van der Waals surface area contributed by atoms with Crippen molar-refractivity contribution in [2.24, 2.45) is 0 Å². The Hall–Kier alpha value is -1.61. The molecular formula is C13H20F3N5O. The molecule has 2 heterocycles. The number of alkyl halides is 3. The van der Waals surface area contributed by atoms with E-state index in [0.29, 0.717) is 31.9 Å². The number of hydrogen-bond donors (Lipinski definition) is 3. The van der Waals surface area contributed by atoms with Crippen molar-refractivity contribution in [3.05, 3.63) is 17.5 Å². The average molecular weight is 319 g/mol. The maximum Gasteiger partial charge on any atom is 0.405 e. The molecule has 2 rings (SSSR count). The van der Waals surface area contributed by atoms with Gasteiger partial charge in [-0.15, -0.1) is 0 Å². The largest absolute Gasteiger partial charge is 0.405 e. The van der Waals surface area contributed by atoms with Crippen molar-refractivity contribution in [3.8, 4) is 0 Å². The number of aromatic amines is 1. The van der Waals surface area contributed by atoms with Crippen LogP contribution in [-0.2, 0) is 11.2 Å². The first-order chi connectivity index (χ1) is 10.4. The maximum absolute atomic E-state index is 13.2. The molecule has 1 fully saturated rings. The highest BCUT2D eigenvalue weighted by molar-refractivity contribution is 5.78. The minimum absolute atomic E-state index is 0.0313. The summed E-state index contributed by atoms with van der Waals surface area (Å²) >= 11 is 0. The van der Waals surface area contributed by atoms with Gasteiger partial charge in [0.15, 0.2) is 0 Å². The standard InChI is InChI=1S/C13H20F3N5O/c1-9-6-10(20-19-9)7-12(22)18-8-11(13(14,15)16)21-4-2-17-3-5-21/h6,11,17H,2-5,7-8H2,1H3,(H,18,22)(H,19,20). The van der Waals surface area contributed by atoms with Gasteiger partial charge < -0.3 is 10.6 Å². The zero-order chi connectivity index (χ0) is 16.2. The van der Waals surface area contributed by atoms with Gasteiger partial charge in [-0.05, 0) is 13.0 Å². The number of rotatable bonds is 5. The van der Waals surface area contributed by atoms with Gasteiger partial charge >= 0.3 is 6.18 Å². The Morgan fingerprint density at radius 2 is 2.14 bits per heavy atom. The maximum atomic E-state index is 13.2. The van der Waals surface area contributed by atoms with Crippen molar-refractivity contribution in [1.82, 2.24) is 25.7 Å². The monoisotopic (exact) mass is 319 g/mol. The quantitative estimate of drug-likeness (QED) is 0.726. The fourth-order valence-electron chi connectivity index (χ4n) is 2.45. The summed E-state index contributed by atoms with van der Waals surface area (Å²) in [6.07, 6.45) is -4.40. The molecule has 0 saturated carbocycles. The molecule has 1 amide bonds. The van der Waals surface area contributed by atoms with Gasteiger partial charge in [-0.3, -0.25) is 14.8 Å². The Balaban J connectivity index is 1.88. The van der Waals surface area contributed by atoms with Gasteiger partial charge in [-0.2, -0.15) is 18.3 Å². The first-order valence-electron chi connectivity index (χ1n) is 7.15. The van der Waals surface area contributed by atoms with E-state index in [2.05, 4.69) is 20.8 Å². The van der Waals surface area contributed by atoms with Crippen LogP contribution in [0.5, 0.6) is 0 Å². The Bertz CT molecular complexity index is 496. The smallest absolute Gasteiger partial charge is 0.354 e. The normalized spacial score (nSPS) is 18.2. The van der Waals surface area contributed by atoms with Gasteiger partial charge in [0, 0.05) is 38.4 Å². The highest BCUT2D eigenvalue weighted by atomic mass is 19.4. The summed E-state index contributed by atoms with van der Waals surface area (Å²) in [4.78, 5) is 13.1. The second-order valence-electron chi connectivity index (χ2n) is 5.37. The topological polar surface area (TPSA) is 73.1 Å². The molecule has 1 unspecified atom stereocenters. The molecule has 3 N–H and O–H groups in total. The number of H-pyrrole nitrogens is 1. The lowest BCUT2D eigenvalue weighted by Crippen LogP contribution is -2.57. The zero-order valence-electron chi connectivity index (χ0n) is 12.3. The Morgan fingerprint density at radius 1 is 1.45 bits per heavy atom. The second kappa shape index (κ2) is 7.10. The van der Waals surface area contributed by atoms with Crippen molar-refractivity contribution in [2.75, 3.05) is 32.7 Å². The van der Waals surface area contributed by atoms with Gasteiger partial charge in [-0.1, -0.05) is 0 Å². The molecule has 1 atom stereocenters. The number of nitrogens with one attached hydrogen (secondary N) is 3. The van der Waals surface area contributed by atoms with E-state index in [9.17, 15) is 18.0 Å². The van der Waals surface area contributed by atoms with Gasteiger partial charge in [-0.25, -0.2) is 0 Å². The predicted molar refractivity (Wildman–Crippen MR) is 74.3 cm³/mol. The van der Waals surface area contributed by atoms with Crippen LogP contribution in [-0.4, -0.2) is 65.9 Å². The third-order valence-electron chi connectivity index (χ3n) is 3.56. The molecule has 0 spiro atoms. The Kier molecular flexibility index (Phi) is 5.41. The summed E-state index contributed by atoms with van der Waals surface area (Å²) in [5.41, 5.74) is 1.32. The summed E-state index contributed by atoms with van der Waals surface area (Å²) in [5, 5.41) is 12.0. The molecule has 1 saturated heterocycles. The minimum atomic E-state index is -4.37. The van der Waals surface area contributed by atoms with Crippen LogP contribution < -0.4 is 10.6 Å². The average Bonchev–Trinajstić information content (AvgIpc) is 2.84. The summed E-state index contributed by atoms with van der Waals surface area (Å²) in [7, 11) is 0. The number of aryl methyl sites for hydroxylation is 1. The van der Waals surface area contributed by atoms with E-state index >= 15 is 0 Å². The molecule has 0 aliphatic carbocycles. The molecule has 6 nitrogen and oxygen atoms in total. The number of nitrogens with zero attached hydrogens (tertiary/aromatic N) is 2. The summed E-state index contributed by atoms with van der Waals surface area (Å²) in [6, 6.07) is 0.0383. The van der Waals surface area contributed by atoms with Gasteiger partial charge in [0.1, 0.15) is 6.04 Å². The second-order valence-corrected chi connectivity index (χ2v) is 5.37. The molecule has 1 aliphatic rings. The van der Waals surface area contributed by atoms with Gasteiger partial charge in [0.2, 0.25) is 5.91 Å². The molecule has 1 aliphatic heterocycles. The Morgan fingerprint density at radius 3 is 2.68 bits per heavy atom. The lowest BCUT2D eigenvalue weighted by Gasteiger charge is -2.35. The fourth-order valence-corrected chi connectivity index (χ4v) is 2.45. The zero-order valence-corrected chi connectivity index (χ0v) is 12.3. The highest BCUT2D eigenvalue weighted by Gasteiger charge is 2.43. The molecule has 1 aromatic rings. The summed E-state index contributed by atoms with van der Waals surface area (Å²) in [5.74, 6) is -0.462. The number of amides is 1. The van der Waals surface area contributed by atoms with Gasteiger partial charge in [0.25, 0.3) is 0 Å². The molecule has 22 heavy (non-hydrogen) atoms. The van der Waals surface area contributed by atoms with Gasteiger partial charge in [0.05, 0.1) is 12.1 Å². The number of aromatic nitrogens is 2. The van der Waals surface area contributed by atoms with Crippen LogP contribution >= 0.6 is 0 Å². The molecule has 0 bridgehead atoms. The fraction of sp³-hybridized carbons (Fsp3) is 0.692. The van der Waals surface area contributed by atoms with Crippen LogP contribution in [0.3, 0.4) is 0 Å². The van der Waals surface area contributed by atoms with Crippen molar-refractivity contribution in [3.63, 3.8) is 0 Å². The van der Waals surface area contributed by atoms with E-state index in [1.54, 1.807) is 13.0 Å². The molecular weight excluding hydrogens is 299 g/mol. The molecule has 9 heteroatoms. The van der Waals surface area contributed by atoms with Crippen molar-refractivity contribution in [2.45, 2.75) is 25.6 Å². The van der Waals surface area contributed by atoms with E-state index in [1.807, 2.05) is 0 Å². The molecule has 1 aromatic heterocycles. The Labute approximate surface area is 126 Å². The number of carbonyl (C=O) groups excluding carboxylic acids is 1. The van der Waals surface area contributed by atoms with Crippen molar-refractivity contribution < 1.29 is 18.0 Å². The third-order valence-corrected chi connectivity index (χ3v) is 3.56. The number of carbonyl (C=O) groups is 1. The SMILES string of the molecule is Cc1cc(CC(=O)NCC(N2CCNCC2)C(F)(F)F)n[nH]1. The number of halogens is 3. The number of hydrogen-bond acceptors (Lipinski definition) is 4. The van der Waals surface area contributed by atoms with Crippen LogP contribution in [0, 0.1) is 6.92 Å². The number of piperazine rings is 1. The molecule has 0 aromatic carbocycles. The first kappa shape index (κ1) is 16.8. The minimum Gasteiger partial charge on any atom is -0.354 e. The van der Waals surface area contributed by atoms with E-state index in [4.69, 9.17) is 0 Å². The lowest BCUT2D eigenvalue weighted by molar-refractivity contribution is -0.184. The van der Waals surface area contributed by atoms with Crippen LogP contribution in [0.4, 0.5) is 13.2 Å². The van der Waals surface area contributed by atoms with Crippen LogP contribution in [0.15, 0.2) is 6.07 Å². The van der Waals surface area contributed by atoms with Crippen LogP contribution in [0.2, 0.25) is 0 Å². The van der Waals surface area contributed by atoms with E-state index in [0.717, 1.165) is 5.69 Å². The molecule has 0 radical (unpaired) electrons. The van der Waals surface area contributed by atoms with E-state index in [1.165, 1.54) is 4.90 Å². The molecule has 124 valence electrons. The summed E-state index contributed by atoms with van der Waals surface area (Å²) < 4.78 is 39.5. The van der Waals surface area contributed by atoms with Crippen LogP contribution in [0.25, 0.3) is 0 Å². The van der Waals surface area contributed by atoms with Crippen molar-refractivity contribution in [1.29, 1.82) is 0 Å². The highest BCUT2D eigenvalue weighted by Crippen LogP contribution is 2.24.